The minimum atomic E-state index is 0. The lowest BCUT2D eigenvalue weighted by Gasteiger charge is -2.03. The molecule has 0 unspecified atom stereocenters. The topological polar surface area (TPSA) is 52.0 Å². The molecule has 0 atom stereocenters. The first-order valence-electron chi connectivity index (χ1n) is 4.47. The smallest absolute Gasteiger partial charge is 0.0320 e. The predicted octanol–water partition coefficient (Wildman–Crippen LogP) is 2.63. The molecule has 0 aliphatic heterocycles. The summed E-state index contributed by atoms with van der Waals surface area (Å²) in [6.45, 7) is 0. The molecular weight excluding hydrogens is 204 g/mol. The van der Waals surface area contributed by atoms with Crippen LogP contribution in [0.15, 0.2) is 48.5 Å². The average Bonchev–Trinajstić information content (AvgIpc) is 2.18. The SMILES string of the molecule is Nc1cccc(-c2cccc(N)c2)c1.S. The highest BCUT2D eigenvalue weighted by Gasteiger charge is 1.97. The minimum Gasteiger partial charge on any atom is -0.399 e. The fourth-order valence-electron chi connectivity index (χ4n) is 1.44. The quantitative estimate of drug-likeness (QED) is 0.723. The molecule has 0 saturated heterocycles. The maximum atomic E-state index is 5.70. The van der Waals surface area contributed by atoms with Gasteiger partial charge in [0, 0.05) is 11.4 Å². The van der Waals surface area contributed by atoms with Crippen LogP contribution in [0.2, 0.25) is 0 Å². The zero-order valence-electron chi connectivity index (χ0n) is 8.27. The Morgan fingerprint density at radius 3 is 1.40 bits per heavy atom. The lowest BCUT2D eigenvalue weighted by atomic mass is 10.0. The molecule has 0 bridgehead atoms. The Labute approximate surface area is 96.4 Å². The van der Waals surface area contributed by atoms with E-state index in [9.17, 15) is 0 Å². The Morgan fingerprint density at radius 1 is 0.667 bits per heavy atom. The van der Waals surface area contributed by atoms with Crippen molar-refractivity contribution in [1.29, 1.82) is 0 Å². The number of anilines is 2. The van der Waals surface area contributed by atoms with Crippen molar-refractivity contribution in [3.05, 3.63) is 48.5 Å². The van der Waals surface area contributed by atoms with Crippen LogP contribution in [0.4, 0.5) is 11.4 Å². The van der Waals surface area contributed by atoms with E-state index in [0.29, 0.717) is 0 Å². The van der Waals surface area contributed by atoms with E-state index < -0.39 is 0 Å². The van der Waals surface area contributed by atoms with E-state index in [0.717, 1.165) is 22.5 Å². The van der Waals surface area contributed by atoms with Crippen LogP contribution < -0.4 is 11.5 Å². The van der Waals surface area contributed by atoms with Crippen molar-refractivity contribution in [3.63, 3.8) is 0 Å². The van der Waals surface area contributed by atoms with Gasteiger partial charge in [-0.05, 0) is 35.4 Å². The van der Waals surface area contributed by atoms with Gasteiger partial charge < -0.3 is 11.5 Å². The highest BCUT2D eigenvalue weighted by Crippen LogP contribution is 2.22. The Kier molecular flexibility index (Phi) is 3.63. The van der Waals surface area contributed by atoms with Gasteiger partial charge in [0.05, 0.1) is 0 Å². The van der Waals surface area contributed by atoms with Crippen molar-refractivity contribution in [1.82, 2.24) is 0 Å². The normalized spacial score (nSPS) is 9.33. The summed E-state index contributed by atoms with van der Waals surface area (Å²) in [6.07, 6.45) is 0. The lowest BCUT2D eigenvalue weighted by Crippen LogP contribution is -1.87. The molecule has 0 fully saturated rings. The van der Waals surface area contributed by atoms with Crippen molar-refractivity contribution >= 4 is 24.9 Å². The van der Waals surface area contributed by atoms with E-state index in [-0.39, 0.29) is 13.5 Å². The molecule has 0 saturated carbocycles. The number of nitrogens with two attached hydrogens (primary N) is 2. The minimum absolute atomic E-state index is 0. The summed E-state index contributed by atoms with van der Waals surface area (Å²) in [6, 6.07) is 15.5. The first-order chi connectivity index (χ1) is 6.75. The van der Waals surface area contributed by atoms with Gasteiger partial charge in [0.2, 0.25) is 0 Å². The average molecular weight is 218 g/mol. The van der Waals surface area contributed by atoms with Crippen molar-refractivity contribution in [2.24, 2.45) is 0 Å². The van der Waals surface area contributed by atoms with Crippen molar-refractivity contribution < 1.29 is 0 Å². The summed E-state index contributed by atoms with van der Waals surface area (Å²) in [5.41, 5.74) is 15.1. The van der Waals surface area contributed by atoms with Gasteiger partial charge >= 0.3 is 0 Å². The summed E-state index contributed by atoms with van der Waals surface area (Å²) < 4.78 is 0. The predicted molar refractivity (Wildman–Crippen MR) is 71.1 cm³/mol. The Bertz CT molecular complexity index is 411. The molecule has 0 aliphatic carbocycles. The highest BCUT2D eigenvalue weighted by molar-refractivity contribution is 7.59. The van der Waals surface area contributed by atoms with E-state index in [1.807, 2.05) is 48.5 Å². The molecule has 2 rings (SSSR count). The first kappa shape index (κ1) is 11.5. The van der Waals surface area contributed by atoms with E-state index in [2.05, 4.69) is 0 Å². The van der Waals surface area contributed by atoms with Gasteiger partial charge in [-0.1, -0.05) is 24.3 Å². The molecule has 2 aromatic carbocycles. The van der Waals surface area contributed by atoms with Gasteiger partial charge in [-0.2, -0.15) is 13.5 Å². The summed E-state index contributed by atoms with van der Waals surface area (Å²) in [7, 11) is 0. The second kappa shape index (κ2) is 4.75. The maximum Gasteiger partial charge on any atom is 0.0320 e. The lowest BCUT2D eigenvalue weighted by molar-refractivity contribution is 1.61. The molecular formula is C12H14N2S. The van der Waals surface area contributed by atoms with E-state index >= 15 is 0 Å². The molecule has 2 aromatic rings. The second-order valence-corrected chi connectivity index (χ2v) is 3.25. The molecule has 2 nitrogen and oxygen atoms in total. The van der Waals surface area contributed by atoms with Crippen molar-refractivity contribution in [3.8, 4) is 11.1 Å². The van der Waals surface area contributed by atoms with Crippen LogP contribution in [-0.2, 0) is 0 Å². The van der Waals surface area contributed by atoms with Crippen molar-refractivity contribution in [2.75, 3.05) is 11.5 Å². The molecule has 4 N–H and O–H groups in total. The Morgan fingerprint density at radius 2 is 1.07 bits per heavy atom. The molecule has 0 aliphatic rings. The summed E-state index contributed by atoms with van der Waals surface area (Å²) in [4.78, 5) is 0. The number of rotatable bonds is 1. The summed E-state index contributed by atoms with van der Waals surface area (Å²) in [5.74, 6) is 0. The maximum absolute atomic E-state index is 5.70. The monoisotopic (exact) mass is 218 g/mol. The van der Waals surface area contributed by atoms with Gasteiger partial charge in [0.1, 0.15) is 0 Å². The van der Waals surface area contributed by atoms with E-state index in [1.54, 1.807) is 0 Å². The molecule has 78 valence electrons. The molecule has 0 heterocycles. The van der Waals surface area contributed by atoms with Crippen LogP contribution in [0.25, 0.3) is 11.1 Å². The highest BCUT2D eigenvalue weighted by atomic mass is 32.1. The number of benzene rings is 2. The molecule has 0 spiro atoms. The van der Waals surface area contributed by atoms with Gasteiger partial charge in [-0.25, -0.2) is 0 Å². The van der Waals surface area contributed by atoms with Gasteiger partial charge in [0.25, 0.3) is 0 Å². The fraction of sp³-hybridized carbons (Fsp3) is 0. The number of nitrogen functional groups attached to an aromatic ring is 2. The first-order valence-corrected chi connectivity index (χ1v) is 4.47. The van der Waals surface area contributed by atoms with Crippen LogP contribution >= 0.6 is 13.5 Å². The molecule has 3 heteroatoms. The summed E-state index contributed by atoms with van der Waals surface area (Å²) in [5, 5.41) is 0. The standard InChI is InChI=1S/C12H12N2.H2S/c13-11-5-1-3-9(7-11)10-4-2-6-12(14)8-10;/h1-8H,13-14H2;1H2. The zero-order chi connectivity index (χ0) is 9.97. The Hall–Kier alpha value is -1.61. The van der Waals surface area contributed by atoms with Crippen molar-refractivity contribution in [2.45, 2.75) is 0 Å². The van der Waals surface area contributed by atoms with Gasteiger partial charge in [-0.3, -0.25) is 0 Å². The van der Waals surface area contributed by atoms with Gasteiger partial charge in [0.15, 0.2) is 0 Å². The third-order valence-corrected chi connectivity index (χ3v) is 2.11. The van der Waals surface area contributed by atoms with Crippen LogP contribution in [0.5, 0.6) is 0 Å². The summed E-state index contributed by atoms with van der Waals surface area (Å²) >= 11 is 0. The fourth-order valence-corrected chi connectivity index (χ4v) is 1.44. The number of hydrogen-bond donors (Lipinski definition) is 2. The van der Waals surface area contributed by atoms with Crippen LogP contribution in [0.3, 0.4) is 0 Å². The Balaban J connectivity index is 0.00000112. The van der Waals surface area contributed by atoms with Gasteiger partial charge in [-0.15, -0.1) is 0 Å². The van der Waals surface area contributed by atoms with Crippen LogP contribution in [0, 0.1) is 0 Å². The molecule has 0 aromatic heterocycles. The van der Waals surface area contributed by atoms with E-state index in [4.69, 9.17) is 11.5 Å². The van der Waals surface area contributed by atoms with E-state index in [1.165, 1.54) is 0 Å². The second-order valence-electron chi connectivity index (χ2n) is 3.25. The third-order valence-electron chi connectivity index (χ3n) is 2.11. The van der Waals surface area contributed by atoms with Crippen LogP contribution in [0.1, 0.15) is 0 Å². The largest absolute Gasteiger partial charge is 0.399 e. The molecule has 0 radical (unpaired) electrons. The number of hydrogen-bond acceptors (Lipinski definition) is 2. The van der Waals surface area contributed by atoms with Crippen LogP contribution in [-0.4, -0.2) is 0 Å². The molecule has 0 amide bonds. The third kappa shape index (κ3) is 2.67. The molecule has 15 heavy (non-hydrogen) atoms. The zero-order valence-corrected chi connectivity index (χ0v) is 9.27.